The van der Waals surface area contributed by atoms with Gasteiger partial charge in [-0.2, -0.15) is 0 Å². The fourth-order valence-electron chi connectivity index (χ4n) is 8.59. The lowest BCUT2D eigenvalue weighted by atomic mass is 9.47. The van der Waals surface area contributed by atoms with Crippen LogP contribution in [0.4, 0.5) is 0 Å². The largest absolute Gasteiger partial charge is 0.393 e. The molecule has 2 N–H and O–H groups in total. The Morgan fingerprint density at radius 1 is 0.968 bits per heavy atom. The molecule has 0 saturated heterocycles. The van der Waals surface area contributed by atoms with Gasteiger partial charge in [-0.3, -0.25) is 0 Å². The summed E-state index contributed by atoms with van der Waals surface area (Å²) in [6.07, 6.45) is 14.4. The Morgan fingerprint density at radius 2 is 1.68 bits per heavy atom. The number of aliphatic hydroxyl groups is 2. The van der Waals surface area contributed by atoms with Gasteiger partial charge in [0.15, 0.2) is 0 Å². The molecule has 0 aliphatic heterocycles. The van der Waals surface area contributed by atoms with Crippen LogP contribution in [0.15, 0.2) is 11.6 Å². The molecule has 0 spiro atoms. The first-order valence-electron chi connectivity index (χ1n) is 13.7. The lowest BCUT2D eigenvalue weighted by Crippen LogP contribution is -2.50. The van der Waals surface area contributed by atoms with E-state index in [2.05, 4.69) is 40.7 Å². The fraction of sp³-hybridized carbons (Fsp3) is 0.931. The summed E-state index contributed by atoms with van der Waals surface area (Å²) in [6.45, 7) is 15.9. The highest BCUT2D eigenvalue weighted by atomic mass is 16.3. The zero-order chi connectivity index (χ0) is 23.0. The first-order chi connectivity index (χ1) is 14.7. The van der Waals surface area contributed by atoms with E-state index < -0.39 is 0 Å². The molecule has 3 saturated carbocycles. The minimum Gasteiger partial charge on any atom is -0.393 e. The molecule has 4 rings (SSSR count). The quantitative estimate of drug-likeness (QED) is 0.445. The SMILES string of the molecule is CC.CC(C)C(O)CC[C@@H](C)C1CCC2C3CC=C4CC(O)CCC4(C)C3CCC21C. The van der Waals surface area contributed by atoms with Crippen LogP contribution in [0.25, 0.3) is 0 Å². The molecule has 3 fully saturated rings. The smallest absolute Gasteiger partial charge is 0.0577 e. The third-order valence-electron chi connectivity index (χ3n) is 10.5. The molecular weight excluding hydrogens is 380 g/mol. The van der Waals surface area contributed by atoms with Crippen molar-refractivity contribution < 1.29 is 10.2 Å². The molecule has 0 aromatic carbocycles. The van der Waals surface area contributed by atoms with E-state index in [9.17, 15) is 10.2 Å². The Kier molecular flexibility index (Phi) is 8.06. The molecule has 2 nitrogen and oxygen atoms in total. The predicted octanol–water partition coefficient (Wildman–Crippen LogP) is 7.39. The first-order valence-corrected chi connectivity index (χ1v) is 13.7. The monoisotopic (exact) mass is 432 g/mol. The van der Waals surface area contributed by atoms with Crippen molar-refractivity contribution in [2.24, 2.45) is 46.3 Å². The molecule has 0 aromatic rings. The molecular formula is C29H52O2. The lowest BCUT2D eigenvalue weighted by molar-refractivity contribution is -0.0579. The van der Waals surface area contributed by atoms with Crippen molar-refractivity contribution in [3.8, 4) is 0 Å². The molecule has 9 atom stereocenters. The van der Waals surface area contributed by atoms with Crippen LogP contribution in [0.5, 0.6) is 0 Å². The van der Waals surface area contributed by atoms with E-state index in [1.54, 1.807) is 5.57 Å². The van der Waals surface area contributed by atoms with Crippen molar-refractivity contribution in [2.45, 2.75) is 125 Å². The molecule has 0 heterocycles. The number of allylic oxidation sites excluding steroid dienone is 1. The predicted molar refractivity (Wildman–Crippen MR) is 132 cm³/mol. The van der Waals surface area contributed by atoms with Crippen molar-refractivity contribution in [3.05, 3.63) is 11.6 Å². The average molecular weight is 433 g/mol. The number of aliphatic hydroxyl groups excluding tert-OH is 2. The number of fused-ring (bicyclic) bond motifs is 5. The van der Waals surface area contributed by atoms with Crippen LogP contribution in [0.2, 0.25) is 0 Å². The summed E-state index contributed by atoms with van der Waals surface area (Å²) >= 11 is 0. The van der Waals surface area contributed by atoms with Crippen LogP contribution in [0.3, 0.4) is 0 Å². The van der Waals surface area contributed by atoms with Crippen LogP contribution in [0.1, 0.15) is 113 Å². The molecule has 8 unspecified atom stereocenters. The van der Waals surface area contributed by atoms with Crippen molar-refractivity contribution in [1.29, 1.82) is 0 Å². The van der Waals surface area contributed by atoms with Gasteiger partial charge in [0.2, 0.25) is 0 Å². The van der Waals surface area contributed by atoms with Crippen molar-refractivity contribution in [1.82, 2.24) is 0 Å². The minimum absolute atomic E-state index is 0.0994. The number of rotatable bonds is 5. The summed E-state index contributed by atoms with van der Waals surface area (Å²) in [7, 11) is 0. The Labute approximate surface area is 193 Å². The second-order valence-corrected chi connectivity index (χ2v) is 12.3. The van der Waals surface area contributed by atoms with Crippen molar-refractivity contribution >= 4 is 0 Å². The molecule has 0 bridgehead atoms. The highest BCUT2D eigenvalue weighted by Crippen LogP contribution is 2.67. The van der Waals surface area contributed by atoms with Gasteiger partial charge in [0.25, 0.3) is 0 Å². The van der Waals surface area contributed by atoms with E-state index in [1.807, 2.05) is 13.8 Å². The van der Waals surface area contributed by atoms with Crippen LogP contribution in [-0.4, -0.2) is 22.4 Å². The maximum absolute atomic E-state index is 10.3. The summed E-state index contributed by atoms with van der Waals surface area (Å²) < 4.78 is 0. The minimum atomic E-state index is -0.137. The number of hydrogen-bond donors (Lipinski definition) is 2. The molecule has 2 heteroatoms. The van der Waals surface area contributed by atoms with Crippen LogP contribution in [-0.2, 0) is 0 Å². The fourth-order valence-corrected chi connectivity index (χ4v) is 8.59. The second-order valence-electron chi connectivity index (χ2n) is 12.3. The summed E-state index contributed by atoms with van der Waals surface area (Å²) in [6, 6.07) is 0. The van der Waals surface area contributed by atoms with Gasteiger partial charge in [-0.25, -0.2) is 0 Å². The number of hydrogen-bond acceptors (Lipinski definition) is 2. The van der Waals surface area contributed by atoms with Gasteiger partial charge in [0, 0.05) is 0 Å². The van der Waals surface area contributed by atoms with Crippen molar-refractivity contribution in [2.75, 3.05) is 0 Å². The Bertz CT molecular complexity index is 624. The van der Waals surface area contributed by atoms with Crippen LogP contribution in [0, 0.1) is 46.3 Å². The Balaban J connectivity index is 0.00000132. The zero-order valence-corrected chi connectivity index (χ0v) is 21.7. The van der Waals surface area contributed by atoms with E-state index >= 15 is 0 Å². The van der Waals surface area contributed by atoms with E-state index in [4.69, 9.17) is 0 Å². The molecule has 4 aliphatic carbocycles. The van der Waals surface area contributed by atoms with Gasteiger partial charge < -0.3 is 10.2 Å². The summed E-state index contributed by atoms with van der Waals surface area (Å²) in [5, 5.41) is 20.5. The maximum Gasteiger partial charge on any atom is 0.0577 e. The highest BCUT2D eigenvalue weighted by Gasteiger charge is 2.59. The second kappa shape index (κ2) is 9.88. The molecule has 0 aromatic heterocycles. The standard InChI is InChI=1S/C27H46O2.C2H6/c1-17(2)25(29)11-6-18(3)22-9-10-23-21-8-7-19-16-20(28)12-14-26(19,4)24(21)13-15-27(22,23)5;1-2/h7,17-18,20-25,28-29H,6,8-16H2,1-5H3;1-2H3/t18-,20?,21?,22?,23?,24?,25?,26?,27?;/m1./s1. The third-order valence-corrected chi connectivity index (χ3v) is 10.5. The van der Waals surface area contributed by atoms with Crippen LogP contribution >= 0.6 is 0 Å². The van der Waals surface area contributed by atoms with Gasteiger partial charge in [-0.15, -0.1) is 0 Å². The molecule has 0 amide bonds. The highest BCUT2D eigenvalue weighted by molar-refractivity contribution is 5.25. The zero-order valence-electron chi connectivity index (χ0n) is 21.7. The normalized spacial score (nSPS) is 43.7. The van der Waals surface area contributed by atoms with Crippen molar-refractivity contribution in [3.63, 3.8) is 0 Å². The molecule has 0 radical (unpaired) electrons. The molecule has 31 heavy (non-hydrogen) atoms. The van der Waals surface area contributed by atoms with Gasteiger partial charge >= 0.3 is 0 Å². The Hall–Kier alpha value is -0.340. The van der Waals surface area contributed by atoms with E-state index in [0.29, 0.717) is 16.7 Å². The van der Waals surface area contributed by atoms with Gasteiger partial charge in [0.1, 0.15) is 0 Å². The van der Waals surface area contributed by atoms with Gasteiger partial charge in [-0.05, 0) is 111 Å². The molecule has 4 aliphatic rings. The topological polar surface area (TPSA) is 40.5 Å². The van der Waals surface area contributed by atoms with Gasteiger partial charge in [-0.1, -0.05) is 60.1 Å². The average Bonchev–Trinajstić information content (AvgIpc) is 3.11. The Morgan fingerprint density at radius 3 is 2.35 bits per heavy atom. The lowest BCUT2D eigenvalue weighted by Gasteiger charge is -2.58. The van der Waals surface area contributed by atoms with E-state index in [0.717, 1.165) is 48.9 Å². The summed E-state index contributed by atoms with van der Waals surface area (Å²) in [5.41, 5.74) is 2.44. The maximum atomic E-state index is 10.3. The summed E-state index contributed by atoms with van der Waals surface area (Å²) in [4.78, 5) is 0. The van der Waals surface area contributed by atoms with E-state index in [1.165, 1.54) is 44.9 Å². The van der Waals surface area contributed by atoms with Crippen LogP contribution < -0.4 is 0 Å². The first kappa shape index (κ1) is 25.3. The van der Waals surface area contributed by atoms with Gasteiger partial charge in [0.05, 0.1) is 12.2 Å². The van der Waals surface area contributed by atoms with E-state index in [-0.39, 0.29) is 12.2 Å². The summed E-state index contributed by atoms with van der Waals surface area (Å²) in [5.74, 6) is 4.51. The third kappa shape index (κ3) is 4.54. The molecule has 180 valence electrons.